The lowest BCUT2D eigenvalue weighted by Crippen LogP contribution is -2.46. The molecule has 2 aromatic rings. The number of likely N-dealkylation sites (N-methyl/N-ethyl adjacent to an activating group) is 1. The number of morpholine rings is 1. The van der Waals surface area contributed by atoms with Crippen LogP contribution >= 0.6 is 11.6 Å². The molecule has 0 aromatic heterocycles. The minimum atomic E-state index is -2.21. The minimum absolute atomic E-state index is 0.0658. The molecule has 37 heavy (non-hydrogen) atoms. The highest BCUT2D eigenvalue weighted by molar-refractivity contribution is 7.82. The van der Waals surface area contributed by atoms with E-state index in [2.05, 4.69) is 0 Å². The molecule has 1 aliphatic heterocycles. The third-order valence-electron chi connectivity index (χ3n) is 5.46. The molecule has 14 heteroatoms. The Balaban J connectivity index is 1.70. The molecule has 1 unspecified atom stereocenters. The lowest BCUT2D eigenvalue weighted by atomic mass is 10.3. The molecule has 0 saturated carbocycles. The van der Waals surface area contributed by atoms with Gasteiger partial charge in [-0.05, 0) is 36.4 Å². The van der Waals surface area contributed by atoms with Crippen molar-refractivity contribution in [2.75, 3.05) is 59.5 Å². The van der Waals surface area contributed by atoms with Crippen LogP contribution in [0.1, 0.15) is 0 Å². The van der Waals surface area contributed by atoms with E-state index in [-0.39, 0.29) is 36.2 Å². The van der Waals surface area contributed by atoms with Crippen molar-refractivity contribution in [3.8, 4) is 11.5 Å². The van der Waals surface area contributed by atoms with Gasteiger partial charge in [0.25, 0.3) is 5.91 Å². The maximum absolute atomic E-state index is 14.7. The molecule has 0 spiro atoms. The van der Waals surface area contributed by atoms with E-state index in [1.54, 1.807) is 7.05 Å². The first kappa shape index (κ1) is 28.9. The molecule has 2 amide bonds. The first-order chi connectivity index (χ1) is 17.7. The second-order valence-corrected chi connectivity index (χ2v) is 10.0. The lowest BCUT2D eigenvalue weighted by Gasteiger charge is -2.29. The number of carbonyl (C=O) groups is 2. The van der Waals surface area contributed by atoms with Gasteiger partial charge in [0.2, 0.25) is 5.91 Å². The molecule has 10 nitrogen and oxygen atoms in total. The SMILES string of the molecule is CN(CCN(CC(=O)NO)S(=O)c1cc(F)c(Oc2ccc(Cl)cc2)c(F)c1)C(=O)CN1CCOCC1. The zero-order valence-corrected chi connectivity index (χ0v) is 21.6. The fourth-order valence-corrected chi connectivity index (χ4v) is 4.69. The Hall–Kier alpha value is -2.68. The molecule has 1 heterocycles. The van der Waals surface area contributed by atoms with Crippen LogP contribution in [0.5, 0.6) is 11.5 Å². The molecule has 1 fully saturated rings. The van der Waals surface area contributed by atoms with Crippen LogP contribution in [0.3, 0.4) is 0 Å². The van der Waals surface area contributed by atoms with Gasteiger partial charge in [0, 0.05) is 38.2 Å². The van der Waals surface area contributed by atoms with E-state index in [1.807, 2.05) is 4.90 Å². The Morgan fingerprint density at radius 1 is 1.16 bits per heavy atom. The lowest BCUT2D eigenvalue weighted by molar-refractivity contribution is -0.132. The van der Waals surface area contributed by atoms with Gasteiger partial charge in [-0.25, -0.2) is 22.8 Å². The van der Waals surface area contributed by atoms with Crippen molar-refractivity contribution in [1.82, 2.24) is 19.6 Å². The van der Waals surface area contributed by atoms with Gasteiger partial charge in [-0.3, -0.25) is 19.7 Å². The number of amides is 2. The molecule has 202 valence electrons. The maximum atomic E-state index is 14.7. The van der Waals surface area contributed by atoms with Crippen molar-refractivity contribution in [2.24, 2.45) is 0 Å². The van der Waals surface area contributed by atoms with Crippen LogP contribution in [0.25, 0.3) is 0 Å². The molecular formula is C23H27ClF2N4O6S. The summed E-state index contributed by atoms with van der Waals surface area (Å²) in [6, 6.07) is 7.51. The van der Waals surface area contributed by atoms with Crippen molar-refractivity contribution in [3.05, 3.63) is 53.1 Å². The predicted molar refractivity (Wildman–Crippen MR) is 131 cm³/mol. The summed E-state index contributed by atoms with van der Waals surface area (Å²) in [6.45, 7) is 1.93. The molecule has 2 N–H and O–H groups in total. The van der Waals surface area contributed by atoms with Crippen molar-refractivity contribution < 1.29 is 37.3 Å². The second-order valence-electron chi connectivity index (χ2n) is 8.12. The Morgan fingerprint density at radius 3 is 2.38 bits per heavy atom. The largest absolute Gasteiger partial charge is 0.451 e. The number of hydroxylamine groups is 1. The summed E-state index contributed by atoms with van der Waals surface area (Å²) in [6.07, 6.45) is 0. The van der Waals surface area contributed by atoms with Gasteiger partial charge in [0.05, 0.1) is 31.2 Å². The number of benzene rings is 2. The van der Waals surface area contributed by atoms with Gasteiger partial charge in [-0.2, -0.15) is 0 Å². The Kier molecular flexibility index (Phi) is 10.7. The van der Waals surface area contributed by atoms with Gasteiger partial charge in [0.1, 0.15) is 16.7 Å². The summed E-state index contributed by atoms with van der Waals surface area (Å²) in [7, 11) is -0.660. The zero-order chi connectivity index (χ0) is 26.9. The number of hydrogen-bond acceptors (Lipinski definition) is 7. The molecule has 1 atom stereocenters. The molecule has 3 rings (SSSR count). The molecule has 0 aliphatic carbocycles. The minimum Gasteiger partial charge on any atom is -0.451 e. The van der Waals surface area contributed by atoms with E-state index in [4.69, 9.17) is 26.3 Å². The molecule has 0 radical (unpaired) electrons. The van der Waals surface area contributed by atoms with Crippen molar-refractivity contribution in [1.29, 1.82) is 0 Å². The zero-order valence-electron chi connectivity index (χ0n) is 20.0. The number of rotatable bonds is 11. The number of carbonyl (C=O) groups excluding carboxylic acids is 2. The monoisotopic (exact) mass is 560 g/mol. The Morgan fingerprint density at radius 2 is 1.78 bits per heavy atom. The number of hydrogen-bond donors (Lipinski definition) is 2. The second kappa shape index (κ2) is 13.7. The van der Waals surface area contributed by atoms with Gasteiger partial charge >= 0.3 is 0 Å². The van der Waals surface area contributed by atoms with E-state index in [9.17, 15) is 22.6 Å². The molecular weight excluding hydrogens is 534 g/mol. The van der Waals surface area contributed by atoms with Crippen molar-refractivity contribution in [2.45, 2.75) is 4.90 Å². The first-order valence-corrected chi connectivity index (χ1v) is 12.7. The van der Waals surface area contributed by atoms with Gasteiger partial charge in [-0.1, -0.05) is 11.6 Å². The van der Waals surface area contributed by atoms with Gasteiger partial charge in [0.15, 0.2) is 17.4 Å². The van der Waals surface area contributed by atoms with Crippen LogP contribution < -0.4 is 10.2 Å². The third kappa shape index (κ3) is 8.42. The van der Waals surface area contributed by atoms with Gasteiger partial charge in [-0.15, -0.1) is 0 Å². The summed E-state index contributed by atoms with van der Waals surface area (Å²) < 4.78 is 54.3. The van der Waals surface area contributed by atoms with Crippen molar-refractivity contribution in [3.63, 3.8) is 0 Å². The number of ether oxygens (including phenoxy) is 2. The van der Waals surface area contributed by atoms with Crippen LogP contribution in [0.15, 0.2) is 41.3 Å². The smallest absolute Gasteiger partial charge is 0.258 e. The van der Waals surface area contributed by atoms with Crippen LogP contribution in [-0.4, -0.2) is 94.9 Å². The fraction of sp³-hybridized carbons (Fsp3) is 0.391. The molecule has 0 bridgehead atoms. The first-order valence-electron chi connectivity index (χ1n) is 11.2. The van der Waals surface area contributed by atoms with E-state index in [0.717, 1.165) is 16.4 Å². The van der Waals surface area contributed by atoms with Crippen molar-refractivity contribution >= 4 is 34.4 Å². The summed E-state index contributed by atoms with van der Waals surface area (Å²) in [5.74, 6) is -3.86. The average molecular weight is 561 g/mol. The van der Waals surface area contributed by atoms with Crippen LogP contribution in [0.4, 0.5) is 8.78 Å². The van der Waals surface area contributed by atoms with Crippen LogP contribution in [0.2, 0.25) is 5.02 Å². The topological polar surface area (TPSA) is 112 Å². The highest BCUT2D eigenvalue weighted by Crippen LogP contribution is 2.30. The maximum Gasteiger partial charge on any atom is 0.258 e. The number of nitrogens with zero attached hydrogens (tertiary/aromatic N) is 3. The van der Waals surface area contributed by atoms with Gasteiger partial charge < -0.3 is 14.4 Å². The normalized spacial score (nSPS) is 14.9. The summed E-state index contributed by atoms with van der Waals surface area (Å²) in [4.78, 5) is 27.4. The average Bonchev–Trinajstić information content (AvgIpc) is 2.89. The van der Waals surface area contributed by atoms with E-state index < -0.39 is 40.8 Å². The Bertz CT molecular complexity index is 1100. The highest BCUT2D eigenvalue weighted by Gasteiger charge is 2.24. The van der Waals surface area contributed by atoms with Crippen LogP contribution in [0, 0.1) is 11.6 Å². The number of nitrogens with one attached hydrogen (secondary N) is 1. The number of halogens is 3. The molecule has 1 saturated heterocycles. The molecule has 2 aromatic carbocycles. The van der Waals surface area contributed by atoms with Crippen LogP contribution in [-0.2, 0) is 25.3 Å². The van der Waals surface area contributed by atoms with E-state index >= 15 is 0 Å². The highest BCUT2D eigenvalue weighted by atomic mass is 35.5. The standard InChI is InChI=1S/C23H27ClF2N4O6S/c1-28(22(32)15-29-8-10-35-11-9-29)6-7-30(14-21(31)27-33)37(34)18-12-19(25)23(20(26)13-18)36-17-4-2-16(24)3-5-17/h2-5,12-13,33H,6-11,14-15H2,1H3,(H,27,31). The van der Waals surface area contributed by atoms with E-state index in [0.29, 0.717) is 31.3 Å². The van der Waals surface area contributed by atoms with E-state index in [1.165, 1.54) is 34.6 Å². The quantitative estimate of drug-likeness (QED) is 0.319. The summed E-state index contributed by atoms with van der Waals surface area (Å²) >= 11 is 5.80. The molecule has 1 aliphatic rings. The fourth-order valence-electron chi connectivity index (χ4n) is 3.38. The summed E-state index contributed by atoms with van der Waals surface area (Å²) in [5, 5.41) is 9.33. The Labute approximate surface area is 220 Å². The predicted octanol–water partition coefficient (Wildman–Crippen LogP) is 2.03. The summed E-state index contributed by atoms with van der Waals surface area (Å²) in [5.41, 5.74) is 1.44. The third-order valence-corrected chi connectivity index (χ3v) is 7.13.